The zero-order valence-corrected chi connectivity index (χ0v) is 19.6. The zero-order valence-electron chi connectivity index (χ0n) is 17.2. The number of non-ortho nitro benzene ring substituents is 1. The van der Waals surface area contributed by atoms with Crippen molar-refractivity contribution in [1.29, 1.82) is 0 Å². The molecule has 0 fully saturated rings. The maximum atomic E-state index is 12.7. The predicted molar refractivity (Wildman–Crippen MR) is 126 cm³/mol. The minimum Gasteiger partial charge on any atom is -0.258 e. The average molecular weight is 505 g/mol. The molecule has 3 aromatic carbocycles. The number of nitro benzene ring substituents is 1. The van der Waals surface area contributed by atoms with E-state index >= 15 is 0 Å². The quantitative estimate of drug-likeness (QED) is 0.291. The fourth-order valence-electron chi connectivity index (χ4n) is 2.80. The molecule has 0 aliphatic carbocycles. The number of hydrogen-bond acceptors (Lipinski definition) is 4. The molecule has 0 aliphatic heterocycles. The molecule has 0 radical (unpaired) electrons. The van der Waals surface area contributed by atoms with E-state index in [4.69, 9.17) is 0 Å². The number of hydrogen-bond donors (Lipinski definition) is 0. The third-order valence-electron chi connectivity index (χ3n) is 4.38. The maximum absolute atomic E-state index is 12.7. The Kier molecular flexibility index (Phi) is 9.84. The summed E-state index contributed by atoms with van der Waals surface area (Å²) >= 11 is 3.41. The number of para-hydroxylation sites is 1. The van der Waals surface area contributed by atoms with Gasteiger partial charge in [0.1, 0.15) is 0 Å². The van der Waals surface area contributed by atoms with Crippen molar-refractivity contribution in [3.63, 3.8) is 0 Å². The van der Waals surface area contributed by atoms with Crippen molar-refractivity contribution < 1.29 is 13.3 Å². The van der Waals surface area contributed by atoms with Crippen LogP contribution in [-0.2, 0) is 16.4 Å². The topological polar surface area (TPSA) is 80.5 Å². The Labute approximate surface area is 191 Å². The standard InChI is InChI=1S/C17H20BrNO2S.C6H5NO2/c1-2-13-19(14-12-15-8-10-16(18)11-9-15)22(20,21)17-6-4-3-5-7-17;8-7(9)6-4-2-1-3-5-6/h3-11H,2,12-14H2,1H3;1-5H. The van der Waals surface area contributed by atoms with Gasteiger partial charge in [0.15, 0.2) is 0 Å². The zero-order chi connectivity index (χ0) is 22.7. The summed E-state index contributed by atoms with van der Waals surface area (Å²) < 4.78 is 28.0. The van der Waals surface area contributed by atoms with Crippen molar-refractivity contribution >= 4 is 31.6 Å². The van der Waals surface area contributed by atoms with Gasteiger partial charge in [0, 0.05) is 29.7 Å². The molecule has 3 aromatic rings. The molecule has 8 heteroatoms. The van der Waals surface area contributed by atoms with E-state index in [0.717, 1.165) is 16.5 Å². The monoisotopic (exact) mass is 504 g/mol. The fraction of sp³-hybridized carbons (Fsp3) is 0.217. The van der Waals surface area contributed by atoms with Crippen LogP contribution in [0.2, 0.25) is 0 Å². The highest BCUT2D eigenvalue weighted by atomic mass is 79.9. The van der Waals surface area contributed by atoms with E-state index in [1.54, 1.807) is 46.8 Å². The Morgan fingerprint density at radius 3 is 1.90 bits per heavy atom. The molecule has 0 bridgehead atoms. The summed E-state index contributed by atoms with van der Waals surface area (Å²) in [6.07, 6.45) is 1.51. The third kappa shape index (κ3) is 7.90. The summed E-state index contributed by atoms with van der Waals surface area (Å²) in [4.78, 5) is 9.95. The summed E-state index contributed by atoms with van der Waals surface area (Å²) in [5.74, 6) is 0. The van der Waals surface area contributed by atoms with Crippen LogP contribution in [0.15, 0.2) is 94.3 Å². The number of halogens is 1. The van der Waals surface area contributed by atoms with Gasteiger partial charge < -0.3 is 0 Å². The molecule has 0 N–H and O–H groups in total. The second-order valence-electron chi connectivity index (χ2n) is 6.69. The van der Waals surface area contributed by atoms with Crippen LogP contribution in [-0.4, -0.2) is 30.7 Å². The van der Waals surface area contributed by atoms with Crippen LogP contribution in [0.5, 0.6) is 0 Å². The lowest BCUT2D eigenvalue weighted by molar-refractivity contribution is -0.384. The molecule has 0 unspecified atom stereocenters. The highest BCUT2D eigenvalue weighted by Gasteiger charge is 2.23. The van der Waals surface area contributed by atoms with Crippen LogP contribution in [0, 0.1) is 10.1 Å². The molecule has 0 saturated heterocycles. The molecule has 31 heavy (non-hydrogen) atoms. The molecule has 0 amide bonds. The van der Waals surface area contributed by atoms with Gasteiger partial charge in [-0.3, -0.25) is 10.1 Å². The molecule has 6 nitrogen and oxygen atoms in total. The van der Waals surface area contributed by atoms with Crippen LogP contribution in [0.25, 0.3) is 0 Å². The van der Waals surface area contributed by atoms with Crippen molar-refractivity contribution in [2.75, 3.05) is 13.1 Å². The number of rotatable bonds is 8. The number of nitro groups is 1. The van der Waals surface area contributed by atoms with E-state index in [9.17, 15) is 18.5 Å². The largest absolute Gasteiger partial charge is 0.269 e. The van der Waals surface area contributed by atoms with E-state index in [-0.39, 0.29) is 5.69 Å². The molecule has 0 saturated carbocycles. The number of benzene rings is 3. The van der Waals surface area contributed by atoms with Gasteiger partial charge in [-0.25, -0.2) is 8.42 Å². The van der Waals surface area contributed by atoms with Gasteiger partial charge in [-0.1, -0.05) is 71.4 Å². The van der Waals surface area contributed by atoms with E-state index in [1.165, 1.54) is 12.1 Å². The van der Waals surface area contributed by atoms with Gasteiger partial charge in [0.25, 0.3) is 5.69 Å². The Balaban J connectivity index is 0.000000316. The lowest BCUT2D eigenvalue weighted by Crippen LogP contribution is -2.33. The fourth-order valence-corrected chi connectivity index (χ4v) is 4.62. The minimum atomic E-state index is -3.42. The number of sulfonamides is 1. The Hall–Kier alpha value is -2.55. The van der Waals surface area contributed by atoms with Crippen molar-refractivity contribution in [3.8, 4) is 0 Å². The SMILES string of the molecule is CCCN(CCc1ccc(Br)cc1)S(=O)(=O)c1ccccc1.O=[N+]([O-])c1ccccc1. The van der Waals surface area contributed by atoms with E-state index in [2.05, 4.69) is 15.9 Å². The van der Waals surface area contributed by atoms with Crippen molar-refractivity contribution in [2.45, 2.75) is 24.7 Å². The normalized spacial score (nSPS) is 10.9. The maximum Gasteiger partial charge on any atom is 0.269 e. The van der Waals surface area contributed by atoms with Gasteiger partial charge in [0.05, 0.1) is 9.82 Å². The van der Waals surface area contributed by atoms with Gasteiger partial charge in [-0.15, -0.1) is 0 Å². The lowest BCUT2D eigenvalue weighted by Gasteiger charge is -2.21. The Morgan fingerprint density at radius 1 is 0.871 bits per heavy atom. The van der Waals surface area contributed by atoms with Gasteiger partial charge in [-0.05, 0) is 42.7 Å². The Morgan fingerprint density at radius 2 is 1.42 bits per heavy atom. The first-order valence-corrected chi connectivity index (χ1v) is 12.1. The van der Waals surface area contributed by atoms with E-state index in [1.807, 2.05) is 37.3 Å². The van der Waals surface area contributed by atoms with Gasteiger partial charge >= 0.3 is 0 Å². The third-order valence-corrected chi connectivity index (χ3v) is 6.83. The molecular weight excluding hydrogens is 480 g/mol. The van der Waals surface area contributed by atoms with E-state index < -0.39 is 14.9 Å². The molecule has 0 spiro atoms. The summed E-state index contributed by atoms with van der Waals surface area (Å²) in [6, 6.07) is 24.6. The highest BCUT2D eigenvalue weighted by Crippen LogP contribution is 2.17. The smallest absolute Gasteiger partial charge is 0.258 e. The lowest BCUT2D eigenvalue weighted by atomic mass is 10.1. The first-order chi connectivity index (χ1) is 14.8. The number of nitrogens with zero attached hydrogens (tertiary/aromatic N) is 2. The van der Waals surface area contributed by atoms with Crippen LogP contribution < -0.4 is 0 Å². The van der Waals surface area contributed by atoms with Crippen LogP contribution in [0.3, 0.4) is 0 Å². The molecule has 0 aliphatic rings. The summed E-state index contributed by atoms with van der Waals surface area (Å²) in [7, 11) is -3.42. The van der Waals surface area contributed by atoms with Gasteiger partial charge in [-0.2, -0.15) is 4.31 Å². The first kappa shape index (κ1) is 24.7. The van der Waals surface area contributed by atoms with Crippen LogP contribution in [0.1, 0.15) is 18.9 Å². The van der Waals surface area contributed by atoms with Crippen molar-refractivity contribution in [2.24, 2.45) is 0 Å². The predicted octanol–water partition coefficient (Wildman–Crippen LogP) is 5.69. The minimum absolute atomic E-state index is 0.137. The average Bonchev–Trinajstić information content (AvgIpc) is 2.79. The molecule has 164 valence electrons. The van der Waals surface area contributed by atoms with Crippen molar-refractivity contribution in [1.82, 2.24) is 4.31 Å². The molecule has 0 aromatic heterocycles. The summed E-state index contributed by atoms with van der Waals surface area (Å²) in [6.45, 7) is 3.02. The molecule has 3 rings (SSSR count). The Bertz CT molecular complexity index is 1040. The summed E-state index contributed by atoms with van der Waals surface area (Å²) in [5.41, 5.74) is 1.27. The van der Waals surface area contributed by atoms with Gasteiger partial charge in [0.2, 0.25) is 10.0 Å². The van der Waals surface area contributed by atoms with Crippen LogP contribution in [0.4, 0.5) is 5.69 Å². The van der Waals surface area contributed by atoms with E-state index in [0.29, 0.717) is 24.4 Å². The van der Waals surface area contributed by atoms with Crippen LogP contribution >= 0.6 is 15.9 Å². The van der Waals surface area contributed by atoms with Crippen molar-refractivity contribution in [3.05, 3.63) is 105 Å². The highest BCUT2D eigenvalue weighted by molar-refractivity contribution is 9.10. The molecule has 0 heterocycles. The first-order valence-electron chi connectivity index (χ1n) is 9.83. The second-order valence-corrected chi connectivity index (χ2v) is 9.54. The molecular formula is C23H25BrN2O4S. The molecule has 0 atom stereocenters. The second kappa shape index (κ2) is 12.3. The summed E-state index contributed by atoms with van der Waals surface area (Å²) in [5, 5.41) is 10.0.